The van der Waals surface area contributed by atoms with E-state index in [-0.39, 0.29) is 0 Å². The van der Waals surface area contributed by atoms with Gasteiger partial charge in [0.25, 0.3) is 0 Å². The number of aromatic nitrogens is 1. The number of hydrogen-bond donors (Lipinski definition) is 0. The van der Waals surface area contributed by atoms with Crippen LogP contribution in [0, 0.1) is 6.92 Å². The molecule has 0 radical (unpaired) electrons. The number of carbonyl (C=O) groups is 1. The van der Waals surface area contributed by atoms with Crippen molar-refractivity contribution in [1.29, 1.82) is 0 Å². The van der Waals surface area contributed by atoms with Gasteiger partial charge in [0.15, 0.2) is 12.4 Å². The quantitative estimate of drug-likeness (QED) is 0.102. The molecule has 2 aromatic heterocycles. The molecule has 0 aliphatic carbocycles. The zero-order valence-electron chi connectivity index (χ0n) is 21.4. The number of pyridine rings is 1. The summed E-state index contributed by atoms with van der Waals surface area (Å²) in [5, 5.41) is 1.70. The lowest BCUT2D eigenvalue weighted by atomic mass is 10.1. The Hall–Kier alpha value is -4.93. The van der Waals surface area contributed by atoms with Crippen molar-refractivity contribution < 1.29 is 40.9 Å². The van der Waals surface area contributed by atoms with Gasteiger partial charge in [0.1, 0.15) is 28.4 Å². The summed E-state index contributed by atoms with van der Waals surface area (Å²) < 4.78 is 55.9. The number of hydrogen-bond acceptors (Lipinski definition) is 5. The first-order valence-electron chi connectivity index (χ1n) is 12.0. The van der Waals surface area contributed by atoms with Gasteiger partial charge in [0, 0.05) is 23.1 Å². The first kappa shape index (κ1) is 28.1. The Labute approximate surface area is 226 Å². The Morgan fingerprint density at radius 2 is 1.57 bits per heavy atom. The van der Waals surface area contributed by atoms with Crippen molar-refractivity contribution in [2.24, 2.45) is 4.99 Å². The average molecular weight is 550 g/mol. The number of nitrogens with zero attached hydrogens (tertiary/aromatic N) is 1. The lowest BCUT2D eigenvalue weighted by Gasteiger charge is -2.07. The third-order valence-corrected chi connectivity index (χ3v) is 5.51. The lowest BCUT2D eigenvalue weighted by Crippen LogP contribution is -2.12. The zero-order valence-corrected chi connectivity index (χ0v) is 21.4. The molecule has 5 rings (SSSR count). The van der Waals surface area contributed by atoms with E-state index in [1.807, 2.05) is 61.5 Å². The van der Waals surface area contributed by atoms with Crippen molar-refractivity contribution in [2.45, 2.75) is 6.92 Å². The highest BCUT2D eigenvalue weighted by Gasteiger charge is 2.20. The van der Waals surface area contributed by atoms with Gasteiger partial charge >= 0.3 is 13.2 Å². The fraction of sp³-hybridized carbons (Fsp3) is 0.0690. The van der Waals surface area contributed by atoms with Crippen LogP contribution in [0.5, 0.6) is 11.5 Å². The fourth-order valence-corrected chi connectivity index (χ4v) is 3.69. The fourth-order valence-electron chi connectivity index (χ4n) is 3.69. The summed E-state index contributed by atoms with van der Waals surface area (Å²) in [6, 6.07) is 26.2. The number of fused-ring (bicyclic) bond motifs is 1. The average Bonchev–Trinajstić information content (AvgIpc) is 2.94. The van der Waals surface area contributed by atoms with Crippen LogP contribution in [0.3, 0.4) is 0 Å². The lowest BCUT2D eigenvalue weighted by molar-refractivity contribution is -0.378. The summed E-state index contributed by atoms with van der Waals surface area (Å²) in [5.74, 6) is 1.50. The number of carbonyl (C=O) groups excluding carboxylic acids is 1. The van der Waals surface area contributed by atoms with E-state index in [1.54, 1.807) is 43.8 Å². The number of aryl methyl sites for hydroxylation is 1. The Morgan fingerprint density at radius 3 is 2.20 bits per heavy atom. The molecule has 0 unspecified atom stereocenters. The zero-order chi connectivity index (χ0) is 28.7. The van der Waals surface area contributed by atoms with Crippen molar-refractivity contribution >= 4 is 29.9 Å². The molecule has 2 heterocycles. The van der Waals surface area contributed by atoms with Crippen LogP contribution in [0.4, 0.5) is 23.0 Å². The highest BCUT2D eigenvalue weighted by atomic mass is 19.5. The molecule has 6 nitrogen and oxygen atoms in total. The Balaban J connectivity index is 0.000000681. The molecule has 11 heteroatoms. The van der Waals surface area contributed by atoms with E-state index in [9.17, 15) is 22.1 Å². The Morgan fingerprint density at radius 1 is 0.900 bits per heavy atom. The third kappa shape index (κ3) is 7.79. The smallest absolute Gasteiger partial charge is 0.497 e. The number of rotatable bonds is 5. The topological polar surface area (TPSA) is 75.2 Å². The highest BCUT2D eigenvalue weighted by molar-refractivity contribution is 6.50. The molecule has 3 aromatic carbocycles. The van der Waals surface area contributed by atoms with Crippen LogP contribution in [-0.4, -0.2) is 20.3 Å². The number of methoxy groups -OCH3 is 1. The summed E-state index contributed by atoms with van der Waals surface area (Å²) in [4.78, 5) is 20.1. The number of aromatic amines is 1. The van der Waals surface area contributed by atoms with Gasteiger partial charge in [0.05, 0.1) is 18.2 Å². The monoisotopic (exact) mass is 550 g/mol. The molecule has 5 aromatic rings. The molecule has 0 aliphatic rings. The number of esters is 1. The number of nitrogens with one attached hydrogen (secondary N) is 1. The number of H-pyrrole nitrogens is 1. The number of ether oxygens (including phenoxy) is 2. The molecule has 0 bridgehead atoms. The number of halogens is 4. The molecule has 0 fully saturated rings. The highest BCUT2D eigenvalue weighted by Crippen LogP contribution is 2.26. The predicted molar refractivity (Wildman–Crippen MR) is 143 cm³/mol. The van der Waals surface area contributed by atoms with E-state index in [1.165, 1.54) is 0 Å². The first-order valence-corrected chi connectivity index (χ1v) is 12.0. The van der Waals surface area contributed by atoms with Crippen molar-refractivity contribution in [3.8, 4) is 22.8 Å². The molecular formula is C29H23BF4N2O4. The van der Waals surface area contributed by atoms with Gasteiger partial charge in [0.2, 0.25) is 0 Å². The Bertz CT molecular complexity index is 1670. The third-order valence-electron chi connectivity index (χ3n) is 5.51. The molecule has 204 valence electrons. The largest absolute Gasteiger partial charge is 0.673 e. The second kappa shape index (κ2) is 12.3. The normalized spacial score (nSPS) is 11.5. The van der Waals surface area contributed by atoms with Gasteiger partial charge in [-0.2, -0.15) is 0 Å². The molecule has 0 saturated heterocycles. The summed E-state index contributed by atoms with van der Waals surface area (Å²) in [6.45, 7) is 2.04. The van der Waals surface area contributed by atoms with Gasteiger partial charge in [-0.3, -0.25) is 0 Å². The summed E-state index contributed by atoms with van der Waals surface area (Å²) in [6.07, 6.45) is 3.33. The summed E-state index contributed by atoms with van der Waals surface area (Å²) >= 11 is 0. The van der Waals surface area contributed by atoms with Crippen LogP contribution in [0.1, 0.15) is 15.9 Å². The minimum Gasteiger partial charge on any atom is -0.497 e. The second-order valence-electron chi connectivity index (χ2n) is 8.51. The van der Waals surface area contributed by atoms with Crippen LogP contribution >= 0.6 is 0 Å². The molecule has 0 atom stereocenters. The predicted octanol–water partition coefficient (Wildman–Crippen LogP) is 6.98. The summed E-state index contributed by atoms with van der Waals surface area (Å²) in [5.41, 5.74) is 3.95. The van der Waals surface area contributed by atoms with E-state index in [2.05, 4.69) is 11.1 Å². The van der Waals surface area contributed by atoms with Crippen molar-refractivity contribution in [3.05, 3.63) is 114 Å². The minimum absolute atomic E-state index is 0.429. The van der Waals surface area contributed by atoms with Crippen LogP contribution in [0.15, 0.2) is 107 Å². The first-order chi connectivity index (χ1) is 19.1. The van der Waals surface area contributed by atoms with Gasteiger partial charge in [-0.15, -0.1) is 0 Å². The summed E-state index contributed by atoms with van der Waals surface area (Å²) in [7, 11) is -4.36. The van der Waals surface area contributed by atoms with Crippen LogP contribution < -0.4 is 19.8 Å². The molecule has 1 N–H and O–H groups in total. The maximum Gasteiger partial charge on any atom is 0.673 e. The van der Waals surface area contributed by atoms with Crippen LogP contribution in [0.25, 0.3) is 22.3 Å². The standard InChI is InChI=1S/C29H22N2O4.BF4/c1-19-5-14-27-25(16-19)26(17-28(35-27)20-6-10-23(33-2)11-7-20)31-22-8-12-24(13-9-22)34-29(32)21-4-3-15-30-18-21;2-1(3,4)5/h3-18H,1-2H3;/q;-1/p+1. The van der Waals surface area contributed by atoms with E-state index in [4.69, 9.17) is 18.9 Å². The van der Waals surface area contributed by atoms with Gasteiger partial charge in [-0.25, -0.2) is 14.8 Å². The molecule has 0 aliphatic heterocycles. The molecule has 0 saturated carbocycles. The van der Waals surface area contributed by atoms with Crippen molar-refractivity contribution in [1.82, 2.24) is 0 Å². The molecular weight excluding hydrogens is 527 g/mol. The van der Waals surface area contributed by atoms with Gasteiger partial charge in [-0.1, -0.05) is 11.6 Å². The van der Waals surface area contributed by atoms with E-state index < -0.39 is 13.2 Å². The maximum atomic E-state index is 12.3. The molecule has 0 amide bonds. The second-order valence-corrected chi connectivity index (χ2v) is 8.51. The van der Waals surface area contributed by atoms with Gasteiger partial charge < -0.3 is 31.2 Å². The van der Waals surface area contributed by atoms with Crippen molar-refractivity contribution in [2.75, 3.05) is 7.11 Å². The minimum atomic E-state index is -6.00. The van der Waals surface area contributed by atoms with E-state index >= 15 is 0 Å². The van der Waals surface area contributed by atoms with Crippen LogP contribution in [-0.2, 0) is 0 Å². The van der Waals surface area contributed by atoms with E-state index in [0.717, 1.165) is 38.9 Å². The number of benzene rings is 3. The molecule has 40 heavy (non-hydrogen) atoms. The maximum absolute atomic E-state index is 12.3. The van der Waals surface area contributed by atoms with Crippen molar-refractivity contribution in [3.63, 3.8) is 0 Å². The molecule has 0 spiro atoms. The van der Waals surface area contributed by atoms with E-state index in [0.29, 0.717) is 17.1 Å². The van der Waals surface area contributed by atoms with Gasteiger partial charge in [-0.05, 0) is 73.7 Å². The van der Waals surface area contributed by atoms with Crippen LogP contribution in [0.2, 0.25) is 0 Å². The SMILES string of the molecule is COc1ccc(-c2cc(=Nc3ccc(OC(=O)c4ccc[nH+]c4)cc3)c3cc(C)ccc3o2)cc1.F[B-](F)(F)F. The Kier molecular flexibility index (Phi) is 8.63.